The van der Waals surface area contributed by atoms with Gasteiger partial charge in [0.15, 0.2) is 11.6 Å². The van der Waals surface area contributed by atoms with E-state index in [0.717, 1.165) is 13.1 Å². The Hall–Kier alpha value is -1.42. The highest BCUT2D eigenvalue weighted by Crippen LogP contribution is 2.19. The minimum absolute atomic E-state index is 0.168. The van der Waals surface area contributed by atoms with E-state index in [-0.39, 0.29) is 11.5 Å². The third-order valence-electron chi connectivity index (χ3n) is 3.00. The number of methoxy groups -OCH3 is 1. The summed E-state index contributed by atoms with van der Waals surface area (Å²) in [5, 5.41) is 3.13. The predicted molar refractivity (Wildman–Crippen MR) is 62.6 cm³/mol. The van der Waals surface area contributed by atoms with Gasteiger partial charge in [0.1, 0.15) is 5.78 Å². The maximum atomic E-state index is 13.4. The van der Waals surface area contributed by atoms with Crippen LogP contribution in [0.1, 0.15) is 12.0 Å². The van der Waals surface area contributed by atoms with E-state index < -0.39 is 5.82 Å². The van der Waals surface area contributed by atoms with Gasteiger partial charge in [-0.05, 0) is 36.7 Å². The van der Waals surface area contributed by atoms with E-state index in [9.17, 15) is 9.18 Å². The maximum absolute atomic E-state index is 13.4. The largest absolute Gasteiger partial charge is 0.494 e. The molecule has 17 heavy (non-hydrogen) atoms. The quantitative estimate of drug-likeness (QED) is 0.844. The van der Waals surface area contributed by atoms with Gasteiger partial charge in [-0.25, -0.2) is 4.39 Å². The third-order valence-corrected chi connectivity index (χ3v) is 3.00. The van der Waals surface area contributed by atoms with Gasteiger partial charge in [0.25, 0.3) is 0 Å². The van der Waals surface area contributed by atoms with Crippen molar-refractivity contribution in [1.82, 2.24) is 5.32 Å². The Labute approximate surface area is 100.0 Å². The van der Waals surface area contributed by atoms with Gasteiger partial charge in [-0.3, -0.25) is 4.79 Å². The lowest BCUT2D eigenvalue weighted by Gasteiger charge is -2.26. The van der Waals surface area contributed by atoms with E-state index in [1.165, 1.54) is 13.2 Å². The summed E-state index contributed by atoms with van der Waals surface area (Å²) < 4.78 is 18.2. The number of carbonyl (C=O) groups is 1. The minimum Gasteiger partial charge on any atom is -0.494 e. The molecule has 0 aromatic heterocycles. The van der Waals surface area contributed by atoms with Crippen molar-refractivity contribution in [1.29, 1.82) is 0 Å². The molecule has 1 heterocycles. The first-order chi connectivity index (χ1) is 8.19. The van der Waals surface area contributed by atoms with Gasteiger partial charge in [-0.1, -0.05) is 6.07 Å². The van der Waals surface area contributed by atoms with Gasteiger partial charge >= 0.3 is 0 Å². The van der Waals surface area contributed by atoms with Gasteiger partial charge in [0, 0.05) is 12.8 Å². The van der Waals surface area contributed by atoms with E-state index in [2.05, 4.69) is 5.32 Å². The first-order valence-electron chi connectivity index (χ1n) is 5.74. The summed E-state index contributed by atoms with van der Waals surface area (Å²) in [5.41, 5.74) is 0.709. The third kappa shape index (κ3) is 3.03. The Morgan fingerprint density at radius 3 is 2.82 bits per heavy atom. The number of hydrogen-bond acceptors (Lipinski definition) is 3. The van der Waals surface area contributed by atoms with E-state index in [0.29, 0.717) is 24.3 Å². The van der Waals surface area contributed by atoms with Crippen LogP contribution in [0.2, 0.25) is 0 Å². The number of hydrogen-bond donors (Lipinski definition) is 1. The first-order valence-corrected chi connectivity index (χ1v) is 5.74. The van der Waals surface area contributed by atoms with Crippen LogP contribution in [0.4, 0.5) is 4.39 Å². The fourth-order valence-corrected chi connectivity index (χ4v) is 1.93. The van der Waals surface area contributed by atoms with Crippen molar-refractivity contribution in [3.05, 3.63) is 29.6 Å². The summed E-state index contributed by atoms with van der Waals surface area (Å²) in [6, 6.07) is 4.66. The smallest absolute Gasteiger partial charge is 0.165 e. The first kappa shape index (κ1) is 12.0. The molecule has 4 heteroatoms. The summed E-state index contributed by atoms with van der Waals surface area (Å²) in [7, 11) is 1.42. The summed E-state index contributed by atoms with van der Waals surface area (Å²) in [6.07, 6.45) is 0.887. The van der Waals surface area contributed by atoms with Crippen molar-refractivity contribution in [2.45, 2.75) is 12.8 Å². The molecule has 1 aliphatic heterocycles. The van der Waals surface area contributed by atoms with Crippen LogP contribution in [0.15, 0.2) is 18.2 Å². The minimum atomic E-state index is -0.414. The van der Waals surface area contributed by atoms with Crippen LogP contribution in [0, 0.1) is 11.7 Å². The Morgan fingerprint density at radius 1 is 1.53 bits per heavy atom. The summed E-state index contributed by atoms with van der Waals surface area (Å²) >= 11 is 0. The fraction of sp³-hybridized carbons (Fsp3) is 0.462. The zero-order chi connectivity index (χ0) is 12.3. The molecule has 2 rings (SSSR count). The number of halogens is 1. The second-order valence-electron chi connectivity index (χ2n) is 4.41. The molecule has 1 aromatic rings. The highest BCUT2D eigenvalue weighted by atomic mass is 19.1. The van der Waals surface area contributed by atoms with E-state index in [1.54, 1.807) is 12.1 Å². The summed E-state index contributed by atoms with van der Waals surface area (Å²) in [6.45, 7) is 1.84. The molecule has 1 saturated heterocycles. The van der Waals surface area contributed by atoms with Crippen molar-refractivity contribution < 1.29 is 13.9 Å². The molecule has 0 radical (unpaired) electrons. The maximum Gasteiger partial charge on any atom is 0.165 e. The van der Waals surface area contributed by atoms with Gasteiger partial charge in [-0.15, -0.1) is 0 Å². The standard InChI is InChI=1S/C13H16FNO2/c1-17-13-3-2-9(6-12(13)14)4-11(16)5-10-7-15-8-10/h2-3,6,10,15H,4-5,7-8H2,1H3. The molecule has 92 valence electrons. The van der Waals surface area contributed by atoms with Crippen molar-refractivity contribution in [2.75, 3.05) is 20.2 Å². The van der Waals surface area contributed by atoms with E-state index in [4.69, 9.17) is 4.74 Å². The van der Waals surface area contributed by atoms with E-state index in [1.807, 2.05) is 0 Å². The normalized spacial score (nSPS) is 15.4. The van der Waals surface area contributed by atoms with Crippen LogP contribution in [-0.2, 0) is 11.2 Å². The summed E-state index contributed by atoms with van der Waals surface area (Å²) in [4.78, 5) is 11.7. The van der Waals surface area contributed by atoms with Crippen LogP contribution in [0.3, 0.4) is 0 Å². The monoisotopic (exact) mass is 237 g/mol. The molecule has 0 unspecified atom stereocenters. The average Bonchev–Trinajstić information content (AvgIpc) is 2.24. The molecule has 0 aliphatic carbocycles. The molecule has 0 atom stereocenters. The Balaban J connectivity index is 1.93. The Bertz CT molecular complexity index is 416. The molecule has 3 nitrogen and oxygen atoms in total. The number of rotatable bonds is 5. The van der Waals surface area contributed by atoms with Gasteiger partial charge in [0.05, 0.1) is 7.11 Å². The number of ether oxygens (including phenoxy) is 1. The van der Waals surface area contributed by atoms with Crippen LogP contribution in [0.5, 0.6) is 5.75 Å². The SMILES string of the molecule is COc1ccc(CC(=O)CC2CNC2)cc1F. The molecule has 0 saturated carbocycles. The number of carbonyl (C=O) groups excluding carboxylic acids is 1. The molecule has 0 spiro atoms. The number of nitrogens with one attached hydrogen (secondary N) is 1. The van der Waals surface area contributed by atoms with Gasteiger partial charge in [0.2, 0.25) is 0 Å². The molecule has 1 aliphatic rings. The average molecular weight is 237 g/mol. The number of benzene rings is 1. The highest BCUT2D eigenvalue weighted by Gasteiger charge is 2.20. The molecular formula is C13H16FNO2. The zero-order valence-electron chi connectivity index (χ0n) is 9.83. The summed E-state index contributed by atoms with van der Waals surface area (Å²) in [5.74, 6) is 0.430. The molecule has 0 amide bonds. The van der Waals surface area contributed by atoms with Crippen LogP contribution in [0.25, 0.3) is 0 Å². The van der Waals surface area contributed by atoms with Crippen molar-refractivity contribution in [2.24, 2.45) is 5.92 Å². The molecular weight excluding hydrogens is 221 g/mol. The van der Waals surface area contributed by atoms with Gasteiger partial charge in [-0.2, -0.15) is 0 Å². The lowest BCUT2D eigenvalue weighted by Crippen LogP contribution is -2.43. The lowest BCUT2D eigenvalue weighted by atomic mass is 9.94. The Kier molecular flexibility index (Phi) is 3.74. The van der Waals surface area contributed by atoms with Crippen molar-refractivity contribution >= 4 is 5.78 Å². The second-order valence-corrected chi connectivity index (χ2v) is 4.41. The predicted octanol–water partition coefficient (Wildman–Crippen LogP) is 1.56. The topological polar surface area (TPSA) is 38.3 Å². The Morgan fingerprint density at radius 2 is 2.29 bits per heavy atom. The molecule has 1 aromatic carbocycles. The molecule has 1 fully saturated rings. The fourth-order valence-electron chi connectivity index (χ4n) is 1.93. The highest BCUT2D eigenvalue weighted by molar-refractivity contribution is 5.81. The molecule has 0 bridgehead atoms. The molecule has 1 N–H and O–H groups in total. The van der Waals surface area contributed by atoms with Crippen LogP contribution >= 0.6 is 0 Å². The van der Waals surface area contributed by atoms with Gasteiger partial charge < -0.3 is 10.1 Å². The number of Topliss-reactive ketones (excluding diaryl/α,β-unsaturated/α-hetero) is 1. The zero-order valence-corrected chi connectivity index (χ0v) is 9.83. The van der Waals surface area contributed by atoms with Crippen molar-refractivity contribution in [3.8, 4) is 5.75 Å². The lowest BCUT2D eigenvalue weighted by molar-refractivity contribution is -0.119. The van der Waals surface area contributed by atoms with Crippen molar-refractivity contribution in [3.63, 3.8) is 0 Å². The van der Waals surface area contributed by atoms with E-state index >= 15 is 0 Å². The second kappa shape index (κ2) is 5.27. The van der Waals surface area contributed by atoms with Crippen LogP contribution < -0.4 is 10.1 Å². The number of ketones is 1. The van der Waals surface area contributed by atoms with Crippen LogP contribution in [-0.4, -0.2) is 26.0 Å².